The lowest BCUT2D eigenvalue weighted by atomic mass is 10.2. The third-order valence-corrected chi connectivity index (χ3v) is 4.08. The Morgan fingerprint density at radius 1 is 1.22 bits per heavy atom. The minimum Gasteiger partial charge on any atom is -0.438 e. The van der Waals surface area contributed by atoms with E-state index in [4.69, 9.17) is 4.74 Å². The number of carbonyl (C=O) groups excluding carboxylic acids is 1. The van der Waals surface area contributed by atoms with Crippen LogP contribution in [0.1, 0.15) is 21.7 Å². The highest BCUT2D eigenvalue weighted by Crippen LogP contribution is 2.23. The molecule has 0 aliphatic heterocycles. The van der Waals surface area contributed by atoms with Crippen LogP contribution in [0.5, 0.6) is 0 Å². The number of hydrogen-bond acceptors (Lipinski definition) is 5. The van der Waals surface area contributed by atoms with Crippen LogP contribution >= 0.6 is 0 Å². The summed E-state index contributed by atoms with van der Waals surface area (Å²) in [6.07, 6.45) is -4.41. The molecule has 10 heteroatoms. The Balaban J connectivity index is 1.80. The lowest BCUT2D eigenvalue weighted by Crippen LogP contribution is -2.26. The Bertz CT molecular complexity index is 1070. The van der Waals surface area contributed by atoms with Gasteiger partial charge in [0.2, 0.25) is 0 Å². The topological polar surface area (TPSA) is 79.0 Å². The van der Waals surface area contributed by atoms with Crippen LogP contribution in [-0.4, -0.2) is 31.7 Å². The molecular formula is C17H15F3N4O3. The van der Waals surface area contributed by atoms with E-state index in [-0.39, 0.29) is 17.0 Å². The molecule has 3 aromatic rings. The number of hydrogen-bond donors (Lipinski definition) is 0. The zero-order valence-electron chi connectivity index (χ0n) is 14.4. The molecule has 0 spiro atoms. The summed E-state index contributed by atoms with van der Waals surface area (Å²) in [6.45, 7) is 1.16. The van der Waals surface area contributed by atoms with Crippen LogP contribution in [0.15, 0.2) is 35.1 Å². The number of rotatable bonds is 4. The highest BCUT2D eigenvalue weighted by Gasteiger charge is 2.30. The van der Waals surface area contributed by atoms with Crippen molar-refractivity contribution in [1.82, 2.24) is 19.6 Å². The van der Waals surface area contributed by atoms with Gasteiger partial charge in [-0.1, -0.05) is 17.3 Å². The summed E-state index contributed by atoms with van der Waals surface area (Å²) in [5.41, 5.74) is 0.321. The molecule has 0 amide bonds. The van der Waals surface area contributed by atoms with E-state index >= 15 is 0 Å². The molecule has 2 heterocycles. The SMILES string of the molecule is Cc1cc(C(=O)OCn2nnc3ccccc3c2=O)c(C)n1CC(F)(F)F. The number of nitrogens with zero attached hydrogens (tertiary/aromatic N) is 4. The molecule has 0 aliphatic rings. The molecule has 1 aromatic carbocycles. The quantitative estimate of drug-likeness (QED) is 0.650. The number of esters is 1. The normalized spacial score (nSPS) is 11.7. The van der Waals surface area contributed by atoms with Crippen molar-refractivity contribution in [1.29, 1.82) is 0 Å². The third-order valence-electron chi connectivity index (χ3n) is 4.08. The van der Waals surface area contributed by atoms with Crippen molar-refractivity contribution in [2.75, 3.05) is 0 Å². The molecule has 3 rings (SSSR count). The molecular weight excluding hydrogens is 365 g/mol. The van der Waals surface area contributed by atoms with Gasteiger partial charge in [-0.25, -0.2) is 4.79 Å². The molecule has 2 aromatic heterocycles. The van der Waals surface area contributed by atoms with Crippen molar-refractivity contribution in [2.45, 2.75) is 33.3 Å². The largest absolute Gasteiger partial charge is 0.438 e. The second-order valence-electron chi connectivity index (χ2n) is 5.96. The molecule has 0 N–H and O–H groups in total. The fraction of sp³-hybridized carbons (Fsp3) is 0.294. The minimum absolute atomic E-state index is 0.00135. The first kappa shape index (κ1) is 18.6. The summed E-state index contributed by atoms with van der Waals surface area (Å²) in [5, 5.41) is 7.86. The zero-order valence-corrected chi connectivity index (χ0v) is 14.4. The van der Waals surface area contributed by atoms with Crippen LogP contribution in [0.2, 0.25) is 0 Å². The molecule has 142 valence electrons. The summed E-state index contributed by atoms with van der Waals surface area (Å²) < 4.78 is 44.9. The van der Waals surface area contributed by atoms with Gasteiger partial charge in [0.15, 0.2) is 6.73 Å². The van der Waals surface area contributed by atoms with E-state index in [1.807, 2.05) is 0 Å². The predicted molar refractivity (Wildman–Crippen MR) is 89.2 cm³/mol. The maximum Gasteiger partial charge on any atom is 0.406 e. The third kappa shape index (κ3) is 3.83. The molecule has 0 saturated carbocycles. The second kappa shape index (κ2) is 6.86. The van der Waals surface area contributed by atoms with E-state index < -0.39 is 31.0 Å². The summed E-state index contributed by atoms with van der Waals surface area (Å²) >= 11 is 0. The highest BCUT2D eigenvalue weighted by atomic mass is 19.4. The lowest BCUT2D eigenvalue weighted by molar-refractivity contribution is -0.141. The van der Waals surface area contributed by atoms with E-state index in [0.717, 1.165) is 9.25 Å². The van der Waals surface area contributed by atoms with Gasteiger partial charge in [-0.2, -0.15) is 17.9 Å². The zero-order chi connectivity index (χ0) is 19.8. The van der Waals surface area contributed by atoms with Crippen LogP contribution in [0.3, 0.4) is 0 Å². The van der Waals surface area contributed by atoms with E-state index in [1.54, 1.807) is 24.3 Å². The van der Waals surface area contributed by atoms with Gasteiger partial charge in [-0.3, -0.25) is 4.79 Å². The first-order chi connectivity index (χ1) is 12.7. The Hall–Kier alpha value is -3.17. The monoisotopic (exact) mass is 380 g/mol. The minimum atomic E-state index is -4.41. The number of ether oxygens (including phenoxy) is 1. The number of benzene rings is 1. The average Bonchev–Trinajstić information content (AvgIpc) is 2.88. The van der Waals surface area contributed by atoms with Crippen LogP contribution in [0.25, 0.3) is 10.9 Å². The summed E-state index contributed by atoms with van der Waals surface area (Å²) in [6, 6.07) is 7.87. The average molecular weight is 380 g/mol. The van der Waals surface area contributed by atoms with Crippen molar-refractivity contribution in [3.63, 3.8) is 0 Å². The first-order valence-corrected chi connectivity index (χ1v) is 7.90. The van der Waals surface area contributed by atoms with Gasteiger partial charge >= 0.3 is 12.1 Å². The van der Waals surface area contributed by atoms with Gasteiger partial charge in [-0.15, -0.1) is 5.10 Å². The molecule has 0 fully saturated rings. The number of aromatic nitrogens is 4. The number of halogens is 3. The molecule has 0 saturated heterocycles. The number of aryl methyl sites for hydroxylation is 1. The Labute approximate surface area is 151 Å². The molecule has 0 radical (unpaired) electrons. The van der Waals surface area contributed by atoms with Crippen molar-refractivity contribution in [3.05, 3.63) is 57.6 Å². The Morgan fingerprint density at radius 3 is 2.63 bits per heavy atom. The van der Waals surface area contributed by atoms with Crippen LogP contribution in [0.4, 0.5) is 13.2 Å². The number of fused-ring (bicyclic) bond motifs is 1. The first-order valence-electron chi connectivity index (χ1n) is 7.90. The van der Waals surface area contributed by atoms with E-state index in [9.17, 15) is 22.8 Å². The molecule has 7 nitrogen and oxygen atoms in total. The molecule has 0 atom stereocenters. The fourth-order valence-electron chi connectivity index (χ4n) is 2.74. The summed E-state index contributed by atoms with van der Waals surface area (Å²) in [4.78, 5) is 24.6. The summed E-state index contributed by atoms with van der Waals surface area (Å²) in [5.74, 6) is -0.849. The standard InChI is InChI=1S/C17H15F3N4O3/c1-10-7-13(11(2)23(10)8-17(18,19)20)16(26)27-9-24-15(25)12-5-3-4-6-14(12)21-22-24/h3-7H,8-9H2,1-2H3. The molecule has 0 unspecified atom stereocenters. The van der Waals surface area contributed by atoms with E-state index in [2.05, 4.69) is 10.3 Å². The van der Waals surface area contributed by atoms with Gasteiger partial charge < -0.3 is 9.30 Å². The fourth-order valence-corrected chi connectivity index (χ4v) is 2.74. The van der Waals surface area contributed by atoms with Crippen molar-refractivity contribution in [2.24, 2.45) is 0 Å². The lowest BCUT2D eigenvalue weighted by Gasteiger charge is -2.12. The maximum absolute atomic E-state index is 12.7. The van der Waals surface area contributed by atoms with E-state index in [0.29, 0.717) is 10.9 Å². The molecule has 27 heavy (non-hydrogen) atoms. The van der Waals surface area contributed by atoms with Gasteiger partial charge in [0.1, 0.15) is 12.1 Å². The Morgan fingerprint density at radius 2 is 1.93 bits per heavy atom. The highest BCUT2D eigenvalue weighted by molar-refractivity contribution is 5.91. The predicted octanol–water partition coefficient (Wildman–Crippen LogP) is 2.59. The van der Waals surface area contributed by atoms with E-state index in [1.165, 1.54) is 19.9 Å². The van der Waals surface area contributed by atoms with Crippen molar-refractivity contribution < 1.29 is 22.7 Å². The number of carbonyl (C=O) groups is 1. The maximum atomic E-state index is 12.7. The smallest absolute Gasteiger partial charge is 0.406 e. The number of alkyl halides is 3. The van der Waals surface area contributed by atoms with Gasteiger partial charge in [0, 0.05) is 11.4 Å². The molecule has 0 aliphatic carbocycles. The second-order valence-corrected chi connectivity index (χ2v) is 5.96. The Kier molecular flexibility index (Phi) is 4.73. The van der Waals surface area contributed by atoms with Crippen LogP contribution in [-0.2, 0) is 18.0 Å². The van der Waals surface area contributed by atoms with Crippen LogP contribution in [0, 0.1) is 13.8 Å². The van der Waals surface area contributed by atoms with Crippen molar-refractivity contribution in [3.8, 4) is 0 Å². The van der Waals surface area contributed by atoms with Crippen LogP contribution < -0.4 is 5.56 Å². The van der Waals surface area contributed by atoms with Gasteiger partial charge in [0.05, 0.1) is 10.9 Å². The van der Waals surface area contributed by atoms with Gasteiger partial charge in [0.25, 0.3) is 5.56 Å². The summed E-state index contributed by atoms with van der Waals surface area (Å²) in [7, 11) is 0. The van der Waals surface area contributed by atoms with Crippen molar-refractivity contribution >= 4 is 16.9 Å². The molecule has 0 bridgehead atoms. The van der Waals surface area contributed by atoms with Gasteiger partial charge in [-0.05, 0) is 32.0 Å².